The van der Waals surface area contributed by atoms with E-state index in [1.54, 1.807) is 0 Å². The van der Waals surface area contributed by atoms with Crippen molar-refractivity contribution in [2.24, 2.45) is 0 Å². The highest BCUT2D eigenvalue weighted by Gasteiger charge is 2.12. The Balaban J connectivity index is 2.20. The highest BCUT2D eigenvalue weighted by molar-refractivity contribution is 6.31. The van der Waals surface area contributed by atoms with Crippen molar-refractivity contribution in [3.05, 3.63) is 69.7 Å². The van der Waals surface area contributed by atoms with Gasteiger partial charge < -0.3 is 5.11 Å². The van der Waals surface area contributed by atoms with Crippen LogP contribution in [-0.2, 0) is 6.42 Å². The molecule has 1 atom stereocenters. The molecule has 0 aliphatic heterocycles. The molecule has 94 valence electrons. The van der Waals surface area contributed by atoms with Gasteiger partial charge in [0.15, 0.2) is 0 Å². The lowest BCUT2D eigenvalue weighted by Crippen LogP contribution is -2.08. The molecule has 1 unspecified atom stereocenters. The predicted octanol–water partition coefficient (Wildman–Crippen LogP) is 4.31. The van der Waals surface area contributed by atoms with Gasteiger partial charge >= 0.3 is 0 Å². The van der Waals surface area contributed by atoms with Crippen LogP contribution >= 0.6 is 23.2 Å². The van der Waals surface area contributed by atoms with Crippen molar-refractivity contribution in [3.8, 4) is 0 Å². The van der Waals surface area contributed by atoms with Gasteiger partial charge in [-0.2, -0.15) is 0 Å². The minimum Gasteiger partial charge on any atom is -0.396 e. The maximum absolute atomic E-state index is 9.52. The molecule has 0 fully saturated rings. The molecular weight excluding hydrogens is 267 g/mol. The normalized spacial score (nSPS) is 12.4. The summed E-state index contributed by atoms with van der Waals surface area (Å²) >= 11 is 12.0. The van der Waals surface area contributed by atoms with Gasteiger partial charge in [0, 0.05) is 16.0 Å². The summed E-state index contributed by atoms with van der Waals surface area (Å²) in [5, 5.41) is 11.0. The Kier molecular flexibility index (Phi) is 4.65. The van der Waals surface area contributed by atoms with Crippen LogP contribution in [0, 0.1) is 0 Å². The van der Waals surface area contributed by atoms with Crippen LogP contribution in [0.2, 0.25) is 10.0 Å². The van der Waals surface area contributed by atoms with E-state index in [2.05, 4.69) is 0 Å². The molecule has 0 amide bonds. The van der Waals surface area contributed by atoms with Crippen LogP contribution in [0.1, 0.15) is 17.0 Å². The Morgan fingerprint density at radius 1 is 0.944 bits per heavy atom. The monoisotopic (exact) mass is 280 g/mol. The van der Waals surface area contributed by atoms with Crippen LogP contribution < -0.4 is 0 Å². The quantitative estimate of drug-likeness (QED) is 0.885. The third-order valence-electron chi connectivity index (χ3n) is 2.99. The summed E-state index contributed by atoms with van der Waals surface area (Å²) in [5.74, 6) is 0.0437. The highest BCUT2D eigenvalue weighted by atomic mass is 35.5. The smallest absolute Gasteiger partial charge is 0.0502 e. The Morgan fingerprint density at radius 2 is 1.61 bits per heavy atom. The molecule has 0 spiro atoms. The molecule has 0 aliphatic carbocycles. The number of halogens is 2. The topological polar surface area (TPSA) is 20.2 Å². The van der Waals surface area contributed by atoms with Gasteiger partial charge in [-0.25, -0.2) is 0 Å². The van der Waals surface area contributed by atoms with E-state index in [-0.39, 0.29) is 12.5 Å². The zero-order valence-corrected chi connectivity index (χ0v) is 11.3. The van der Waals surface area contributed by atoms with Crippen LogP contribution in [0.15, 0.2) is 48.5 Å². The SMILES string of the molecule is OCC(Cc1ccccc1Cl)c1ccc(Cl)cc1. The summed E-state index contributed by atoms with van der Waals surface area (Å²) in [6.45, 7) is 0.0901. The fraction of sp³-hybridized carbons (Fsp3) is 0.200. The van der Waals surface area contributed by atoms with E-state index < -0.39 is 0 Å². The highest BCUT2D eigenvalue weighted by Crippen LogP contribution is 2.25. The molecule has 0 saturated carbocycles. The van der Waals surface area contributed by atoms with Crippen molar-refractivity contribution in [2.45, 2.75) is 12.3 Å². The van der Waals surface area contributed by atoms with E-state index in [1.165, 1.54) is 0 Å². The largest absolute Gasteiger partial charge is 0.396 e. The molecule has 0 aliphatic rings. The summed E-state index contributed by atoms with van der Waals surface area (Å²) in [4.78, 5) is 0. The number of rotatable bonds is 4. The summed E-state index contributed by atoms with van der Waals surface area (Å²) in [6.07, 6.45) is 0.720. The fourth-order valence-corrected chi connectivity index (χ4v) is 2.29. The van der Waals surface area contributed by atoms with Crippen molar-refractivity contribution in [3.63, 3.8) is 0 Å². The van der Waals surface area contributed by atoms with Gasteiger partial charge in [-0.1, -0.05) is 53.5 Å². The number of hydrogen-bond donors (Lipinski definition) is 1. The molecule has 2 aromatic carbocycles. The second-order valence-corrected chi connectivity index (χ2v) is 5.07. The minimum absolute atomic E-state index is 0.0437. The van der Waals surface area contributed by atoms with Crippen LogP contribution in [0.4, 0.5) is 0 Å². The zero-order chi connectivity index (χ0) is 13.0. The van der Waals surface area contributed by atoms with E-state index in [4.69, 9.17) is 23.2 Å². The Labute approximate surface area is 117 Å². The van der Waals surface area contributed by atoms with Crippen LogP contribution in [0.5, 0.6) is 0 Å². The first-order valence-electron chi connectivity index (χ1n) is 5.80. The van der Waals surface area contributed by atoms with Crippen LogP contribution in [0.25, 0.3) is 0 Å². The second-order valence-electron chi connectivity index (χ2n) is 4.23. The molecule has 0 saturated heterocycles. The average molecular weight is 281 g/mol. The maximum Gasteiger partial charge on any atom is 0.0502 e. The third-order valence-corrected chi connectivity index (χ3v) is 3.61. The summed E-state index contributed by atoms with van der Waals surface area (Å²) < 4.78 is 0. The summed E-state index contributed by atoms with van der Waals surface area (Å²) in [6, 6.07) is 15.3. The van der Waals surface area contributed by atoms with Gasteiger partial charge in [-0.05, 0) is 35.7 Å². The van der Waals surface area contributed by atoms with Gasteiger partial charge in [0.1, 0.15) is 0 Å². The lowest BCUT2D eigenvalue weighted by Gasteiger charge is -2.15. The van der Waals surface area contributed by atoms with Crippen LogP contribution in [-0.4, -0.2) is 11.7 Å². The molecule has 1 N–H and O–H groups in total. The third kappa shape index (κ3) is 3.26. The molecule has 1 nitrogen and oxygen atoms in total. The Morgan fingerprint density at radius 3 is 2.22 bits per heavy atom. The van der Waals surface area contributed by atoms with Gasteiger partial charge in [-0.3, -0.25) is 0 Å². The van der Waals surface area contributed by atoms with E-state index >= 15 is 0 Å². The van der Waals surface area contributed by atoms with Crippen molar-refractivity contribution in [1.29, 1.82) is 0 Å². The van der Waals surface area contributed by atoms with E-state index in [9.17, 15) is 5.11 Å². The van der Waals surface area contributed by atoms with E-state index in [0.29, 0.717) is 5.02 Å². The number of aliphatic hydroxyl groups is 1. The summed E-state index contributed by atoms with van der Waals surface area (Å²) in [7, 11) is 0. The first kappa shape index (κ1) is 13.4. The zero-order valence-electron chi connectivity index (χ0n) is 9.81. The van der Waals surface area contributed by atoms with E-state index in [1.807, 2.05) is 48.5 Å². The number of aliphatic hydroxyl groups excluding tert-OH is 1. The van der Waals surface area contributed by atoms with Crippen LogP contribution in [0.3, 0.4) is 0 Å². The number of benzene rings is 2. The first-order valence-corrected chi connectivity index (χ1v) is 6.56. The maximum atomic E-state index is 9.52. The average Bonchev–Trinajstić information content (AvgIpc) is 2.39. The van der Waals surface area contributed by atoms with Crippen molar-refractivity contribution < 1.29 is 5.11 Å². The van der Waals surface area contributed by atoms with Gasteiger partial charge in [0.25, 0.3) is 0 Å². The lowest BCUT2D eigenvalue weighted by atomic mass is 9.93. The standard InChI is InChI=1S/C15H14Cl2O/c16-14-7-5-11(6-8-14)13(10-18)9-12-3-1-2-4-15(12)17/h1-8,13,18H,9-10H2. The van der Waals surface area contributed by atoms with Crippen molar-refractivity contribution in [1.82, 2.24) is 0 Å². The molecule has 0 bridgehead atoms. The molecule has 18 heavy (non-hydrogen) atoms. The van der Waals surface area contributed by atoms with Crippen molar-refractivity contribution >= 4 is 23.2 Å². The first-order chi connectivity index (χ1) is 8.70. The molecular formula is C15H14Cl2O. The molecule has 2 aromatic rings. The second kappa shape index (κ2) is 6.24. The lowest BCUT2D eigenvalue weighted by molar-refractivity contribution is 0.264. The fourth-order valence-electron chi connectivity index (χ4n) is 1.95. The van der Waals surface area contributed by atoms with Gasteiger partial charge in [0.05, 0.1) is 6.61 Å². The number of hydrogen-bond acceptors (Lipinski definition) is 1. The Bertz CT molecular complexity index is 508. The molecule has 0 heterocycles. The molecule has 0 radical (unpaired) electrons. The molecule has 0 aromatic heterocycles. The Hall–Kier alpha value is -1.02. The predicted molar refractivity (Wildman–Crippen MR) is 76.4 cm³/mol. The van der Waals surface area contributed by atoms with Gasteiger partial charge in [0.2, 0.25) is 0 Å². The van der Waals surface area contributed by atoms with Crippen molar-refractivity contribution in [2.75, 3.05) is 6.61 Å². The molecule has 3 heteroatoms. The van der Waals surface area contributed by atoms with Gasteiger partial charge in [-0.15, -0.1) is 0 Å². The van der Waals surface area contributed by atoms with E-state index in [0.717, 1.165) is 22.6 Å². The minimum atomic E-state index is 0.0437. The molecule has 2 rings (SSSR count). The summed E-state index contributed by atoms with van der Waals surface area (Å²) in [5.41, 5.74) is 2.12.